The maximum atomic E-state index is 5.59. The number of methoxy groups -OCH3 is 1. The second-order valence-electron chi connectivity index (χ2n) is 5.00. The molecule has 1 aromatic rings. The van der Waals surface area contributed by atoms with Crippen molar-refractivity contribution in [1.82, 2.24) is 10.3 Å². The van der Waals surface area contributed by atoms with Crippen LogP contribution >= 0.6 is 0 Å². The molecule has 1 rings (SSSR count). The number of anilines is 1. The largest absolute Gasteiger partial charge is 0.383 e. The van der Waals surface area contributed by atoms with Crippen LogP contribution in [0.5, 0.6) is 0 Å². The minimum atomic E-state index is 0.266. The zero-order valence-electron chi connectivity index (χ0n) is 13.1. The van der Waals surface area contributed by atoms with Crippen molar-refractivity contribution in [2.24, 2.45) is 0 Å². The Labute approximate surface area is 122 Å². The van der Waals surface area contributed by atoms with Gasteiger partial charge < -0.3 is 19.7 Å². The van der Waals surface area contributed by atoms with Crippen LogP contribution in [0.1, 0.15) is 19.4 Å². The van der Waals surface area contributed by atoms with Gasteiger partial charge in [0.1, 0.15) is 5.82 Å². The van der Waals surface area contributed by atoms with Crippen LogP contribution in [0.4, 0.5) is 5.82 Å². The van der Waals surface area contributed by atoms with E-state index in [1.165, 1.54) is 5.56 Å². The summed E-state index contributed by atoms with van der Waals surface area (Å²) in [5.41, 5.74) is 1.19. The Kier molecular flexibility index (Phi) is 8.18. The molecule has 0 aliphatic carbocycles. The zero-order valence-corrected chi connectivity index (χ0v) is 13.1. The highest BCUT2D eigenvalue weighted by molar-refractivity contribution is 5.45. The predicted octanol–water partition coefficient (Wildman–Crippen LogP) is 1.68. The molecule has 0 saturated heterocycles. The van der Waals surface area contributed by atoms with E-state index >= 15 is 0 Å². The highest BCUT2D eigenvalue weighted by Gasteiger charge is 2.08. The molecule has 114 valence electrons. The van der Waals surface area contributed by atoms with Crippen LogP contribution in [0, 0.1) is 0 Å². The number of pyridine rings is 1. The van der Waals surface area contributed by atoms with Crippen LogP contribution in [0.3, 0.4) is 0 Å². The molecule has 0 aromatic carbocycles. The average molecular weight is 281 g/mol. The van der Waals surface area contributed by atoms with Crippen LogP contribution in [0.25, 0.3) is 0 Å². The lowest BCUT2D eigenvalue weighted by molar-refractivity contribution is 0.0845. The van der Waals surface area contributed by atoms with Crippen molar-refractivity contribution in [1.29, 1.82) is 0 Å². The molecule has 0 bridgehead atoms. The van der Waals surface area contributed by atoms with Gasteiger partial charge in [-0.25, -0.2) is 4.98 Å². The van der Waals surface area contributed by atoms with Gasteiger partial charge in [-0.3, -0.25) is 0 Å². The lowest BCUT2D eigenvalue weighted by atomic mass is 10.2. The van der Waals surface area contributed by atoms with Crippen molar-refractivity contribution in [2.75, 3.05) is 45.4 Å². The van der Waals surface area contributed by atoms with Gasteiger partial charge in [-0.2, -0.15) is 0 Å². The van der Waals surface area contributed by atoms with Gasteiger partial charge >= 0.3 is 0 Å². The van der Waals surface area contributed by atoms with Crippen molar-refractivity contribution >= 4 is 5.82 Å². The molecule has 5 heteroatoms. The normalized spacial score (nSPS) is 11.1. The first-order valence-electron chi connectivity index (χ1n) is 7.11. The fourth-order valence-electron chi connectivity index (χ4n) is 1.84. The van der Waals surface area contributed by atoms with Crippen LogP contribution in [-0.2, 0) is 16.0 Å². The van der Waals surface area contributed by atoms with Crippen LogP contribution in [0.2, 0.25) is 0 Å². The summed E-state index contributed by atoms with van der Waals surface area (Å²) >= 11 is 0. The van der Waals surface area contributed by atoms with Crippen molar-refractivity contribution in [2.45, 2.75) is 26.5 Å². The smallest absolute Gasteiger partial charge is 0.132 e. The summed E-state index contributed by atoms with van der Waals surface area (Å²) in [6.45, 7) is 7.99. The van der Waals surface area contributed by atoms with Crippen LogP contribution in [-0.4, -0.2) is 51.5 Å². The van der Waals surface area contributed by atoms with Crippen LogP contribution in [0.15, 0.2) is 18.3 Å². The first-order chi connectivity index (χ1) is 9.65. The number of hydrogen-bond donors (Lipinski definition) is 1. The lowest BCUT2D eigenvalue weighted by Crippen LogP contribution is -2.27. The van der Waals surface area contributed by atoms with E-state index < -0.39 is 0 Å². The Morgan fingerprint density at radius 1 is 1.35 bits per heavy atom. The van der Waals surface area contributed by atoms with Gasteiger partial charge in [-0.05, 0) is 19.9 Å². The number of nitrogens with one attached hydrogen (secondary N) is 1. The Balaban J connectivity index is 2.50. The van der Waals surface area contributed by atoms with E-state index in [9.17, 15) is 0 Å². The molecule has 0 atom stereocenters. The number of nitrogens with zero attached hydrogens (tertiary/aromatic N) is 2. The van der Waals surface area contributed by atoms with Gasteiger partial charge in [0, 0.05) is 45.6 Å². The topological polar surface area (TPSA) is 46.6 Å². The number of hydrogen-bond acceptors (Lipinski definition) is 5. The monoisotopic (exact) mass is 281 g/mol. The third kappa shape index (κ3) is 6.32. The fourth-order valence-corrected chi connectivity index (χ4v) is 1.84. The molecule has 0 aliphatic heterocycles. The molecule has 0 fully saturated rings. The zero-order chi connectivity index (χ0) is 14.8. The van der Waals surface area contributed by atoms with Gasteiger partial charge in [0.15, 0.2) is 0 Å². The first kappa shape index (κ1) is 16.9. The van der Waals surface area contributed by atoms with Crippen LogP contribution < -0.4 is 10.2 Å². The number of likely N-dealkylation sites (N-methyl/N-ethyl adjacent to an activating group) is 1. The highest BCUT2D eigenvalue weighted by atomic mass is 16.5. The molecule has 0 amide bonds. The molecule has 0 spiro atoms. The summed E-state index contributed by atoms with van der Waals surface area (Å²) in [5, 5.41) is 3.35. The van der Waals surface area contributed by atoms with Crippen molar-refractivity contribution < 1.29 is 9.47 Å². The van der Waals surface area contributed by atoms with E-state index in [0.29, 0.717) is 13.2 Å². The van der Waals surface area contributed by atoms with Gasteiger partial charge in [0.25, 0.3) is 0 Å². The van der Waals surface area contributed by atoms with Crippen molar-refractivity contribution in [3.63, 3.8) is 0 Å². The third-order valence-corrected chi connectivity index (χ3v) is 2.91. The Morgan fingerprint density at radius 3 is 2.85 bits per heavy atom. The standard InChI is InChI=1S/C15H27N3O2/c1-13(2)20-11-9-18(3)15-14(6-5-7-17-15)12-16-8-10-19-4/h5-7,13,16H,8-12H2,1-4H3. The van der Waals surface area contributed by atoms with E-state index in [-0.39, 0.29) is 6.10 Å². The number of ether oxygens (including phenoxy) is 2. The minimum Gasteiger partial charge on any atom is -0.383 e. The molecule has 1 heterocycles. The molecule has 0 unspecified atom stereocenters. The molecular weight excluding hydrogens is 254 g/mol. The fraction of sp³-hybridized carbons (Fsp3) is 0.667. The lowest BCUT2D eigenvalue weighted by Gasteiger charge is -2.21. The molecule has 0 saturated carbocycles. The van der Waals surface area contributed by atoms with Gasteiger partial charge in [-0.15, -0.1) is 0 Å². The second kappa shape index (κ2) is 9.69. The van der Waals surface area contributed by atoms with Gasteiger partial charge in [0.2, 0.25) is 0 Å². The molecule has 0 radical (unpaired) electrons. The third-order valence-electron chi connectivity index (χ3n) is 2.91. The minimum absolute atomic E-state index is 0.266. The molecular formula is C15H27N3O2. The number of aromatic nitrogens is 1. The first-order valence-corrected chi connectivity index (χ1v) is 7.11. The molecule has 0 aliphatic rings. The summed E-state index contributed by atoms with van der Waals surface area (Å²) in [6.07, 6.45) is 2.09. The molecule has 1 N–H and O–H groups in total. The van der Waals surface area contributed by atoms with Gasteiger partial charge in [0.05, 0.1) is 19.3 Å². The summed E-state index contributed by atoms with van der Waals surface area (Å²) in [7, 11) is 3.75. The average Bonchev–Trinajstić information content (AvgIpc) is 2.43. The van der Waals surface area contributed by atoms with Gasteiger partial charge in [-0.1, -0.05) is 6.07 Å². The van der Waals surface area contributed by atoms with Crippen molar-refractivity contribution in [3.8, 4) is 0 Å². The summed E-state index contributed by atoms with van der Waals surface area (Å²) < 4.78 is 10.6. The van der Waals surface area contributed by atoms with E-state index in [2.05, 4.69) is 21.3 Å². The van der Waals surface area contributed by atoms with E-state index in [4.69, 9.17) is 9.47 Å². The van der Waals surface area contributed by atoms with Crippen molar-refractivity contribution in [3.05, 3.63) is 23.9 Å². The molecule has 1 aromatic heterocycles. The Hall–Kier alpha value is -1.17. The molecule has 20 heavy (non-hydrogen) atoms. The van der Waals surface area contributed by atoms with E-state index in [1.54, 1.807) is 7.11 Å². The quantitative estimate of drug-likeness (QED) is 0.661. The van der Waals surface area contributed by atoms with E-state index in [1.807, 2.05) is 33.2 Å². The predicted molar refractivity (Wildman–Crippen MR) is 82.2 cm³/mol. The SMILES string of the molecule is COCCNCc1cccnc1N(C)CCOC(C)C. The number of rotatable bonds is 10. The van der Waals surface area contributed by atoms with E-state index in [0.717, 1.165) is 25.5 Å². The maximum absolute atomic E-state index is 5.59. The highest BCUT2D eigenvalue weighted by Crippen LogP contribution is 2.15. The molecule has 5 nitrogen and oxygen atoms in total. The second-order valence-corrected chi connectivity index (χ2v) is 5.00. The summed E-state index contributed by atoms with van der Waals surface area (Å²) in [5.74, 6) is 1.00. The maximum Gasteiger partial charge on any atom is 0.132 e. The Bertz CT molecular complexity index is 372. The summed E-state index contributed by atoms with van der Waals surface area (Å²) in [4.78, 5) is 6.61. The Morgan fingerprint density at radius 2 is 2.15 bits per heavy atom. The summed E-state index contributed by atoms with van der Waals surface area (Å²) in [6, 6.07) is 4.07.